The zero-order chi connectivity index (χ0) is 15.3. The second-order valence-electron chi connectivity index (χ2n) is 6.65. The van der Waals surface area contributed by atoms with Gasteiger partial charge in [0.2, 0.25) is 0 Å². The fourth-order valence-corrected chi connectivity index (χ4v) is 4.66. The maximum absolute atomic E-state index is 12.5. The molecule has 1 aliphatic carbocycles. The molecule has 0 spiro atoms. The van der Waals surface area contributed by atoms with Crippen molar-refractivity contribution in [3.63, 3.8) is 0 Å². The summed E-state index contributed by atoms with van der Waals surface area (Å²) in [5.41, 5.74) is 6.67. The van der Waals surface area contributed by atoms with Crippen LogP contribution in [-0.4, -0.2) is 18.0 Å². The number of rotatable bonds is 2. The third kappa shape index (κ3) is 2.44. The van der Waals surface area contributed by atoms with Gasteiger partial charge in [0.05, 0.1) is 5.56 Å². The number of nitrogens with two attached hydrogens (primary N) is 1. The molecule has 0 bridgehead atoms. The molecule has 1 amide bonds. The molecule has 3 nitrogen and oxygen atoms in total. The van der Waals surface area contributed by atoms with Crippen molar-refractivity contribution in [2.75, 3.05) is 0 Å². The van der Waals surface area contributed by atoms with Gasteiger partial charge in [-0.3, -0.25) is 4.79 Å². The van der Waals surface area contributed by atoms with Crippen LogP contribution in [-0.2, 0) is 0 Å². The van der Waals surface area contributed by atoms with E-state index in [1.807, 2.05) is 18.2 Å². The summed E-state index contributed by atoms with van der Waals surface area (Å²) in [5, 5.41) is 3.14. The van der Waals surface area contributed by atoms with Gasteiger partial charge < -0.3 is 11.1 Å². The fraction of sp³-hybridized carbons (Fsp3) is 0.533. The van der Waals surface area contributed by atoms with E-state index in [-0.39, 0.29) is 28.8 Å². The van der Waals surface area contributed by atoms with Crippen molar-refractivity contribution in [1.29, 1.82) is 0 Å². The SMILES string of the molecule is CC1(C)C(N)C(C)(C)C1NC(=O)c1ccc(Br)cc1Br. The van der Waals surface area contributed by atoms with Crippen molar-refractivity contribution in [3.8, 4) is 0 Å². The van der Waals surface area contributed by atoms with E-state index in [1.165, 1.54) is 0 Å². The van der Waals surface area contributed by atoms with E-state index in [4.69, 9.17) is 5.73 Å². The van der Waals surface area contributed by atoms with Crippen molar-refractivity contribution in [2.45, 2.75) is 39.8 Å². The zero-order valence-corrected chi connectivity index (χ0v) is 15.3. The van der Waals surface area contributed by atoms with Gasteiger partial charge in [-0.2, -0.15) is 0 Å². The third-order valence-electron chi connectivity index (χ3n) is 4.54. The Balaban J connectivity index is 2.20. The summed E-state index contributed by atoms with van der Waals surface area (Å²) in [7, 11) is 0. The molecule has 0 saturated heterocycles. The number of amides is 1. The molecule has 1 aliphatic rings. The van der Waals surface area contributed by atoms with Crippen LogP contribution in [0.3, 0.4) is 0 Å². The van der Waals surface area contributed by atoms with Crippen LogP contribution in [0.15, 0.2) is 27.1 Å². The topological polar surface area (TPSA) is 55.1 Å². The molecule has 2 rings (SSSR count). The molecule has 0 aromatic heterocycles. The summed E-state index contributed by atoms with van der Waals surface area (Å²) in [6.07, 6.45) is 0. The van der Waals surface area contributed by atoms with Crippen LogP contribution < -0.4 is 11.1 Å². The van der Waals surface area contributed by atoms with Crippen LogP contribution in [0, 0.1) is 10.8 Å². The quantitative estimate of drug-likeness (QED) is 0.790. The van der Waals surface area contributed by atoms with Gasteiger partial charge in [-0.05, 0) is 34.1 Å². The minimum Gasteiger partial charge on any atom is -0.348 e. The number of hydrogen-bond donors (Lipinski definition) is 2. The molecule has 0 aliphatic heterocycles. The summed E-state index contributed by atoms with van der Waals surface area (Å²) in [4.78, 5) is 12.5. The average molecular weight is 404 g/mol. The van der Waals surface area contributed by atoms with E-state index < -0.39 is 0 Å². The highest BCUT2D eigenvalue weighted by Crippen LogP contribution is 2.52. The van der Waals surface area contributed by atoms with Gasteiger partial charge in [0.15, 0.2) is 0 Å². The Kier molecular flexibility index (Phi) is 4.08. The van der Waals surface area contributed by atoms with E-state index in [0.29, 0.717) is 5.56 Å². The summed E-state index contributed by atoms with van der Waals surface area (Å²) < 4.78 is 1.72. The van der Waals surface area contributed by atoms with E-state index in [2.05, 4.69) is 64.9 Å². The molecule has 20 heavy (non-hydrogen) atoms. The zero-order valence-electron chi connectivity index (χ0n) is 12.1. The molecule has 0 heterocycles. The third-order valence-corrected chi connectivity index (χ3v) is 5.69. The number of carbonyl (C=O) groups excluding carboxylic acids is 1. The van der Waals surface area contributed by atoms with Crippen molar-refractivity contribution in [2.24, 2.45) is 16.6 Å². The molecule has 0 atom stereocenters. The summed E-state index contributed by atoms with van der Waals surface area (Å²) in [5.74, 6) is -0.0672. The lowest BCUT2D eigenvalue weighted by molar-refractivity contribution is -0.0663. The Morgan fingerprint density at radius 1 is 1.20 bits per heavy atom. The molecular weight excluding hydrogens is 384 g/mol. The summed E-state index contributed by atoms with van der Waals surface area (Å²) >= 11 is 6.82. The van der Waals surface area contributed by atoms with Gasteiger partial charge >= 0.3 is 0 Å². The van der Waals surface area contributed by atoms with Gasteiger partial charge in [-0.15, -0.1) is 0 Å². The Morgan fingerprint density at radius 3 is 2.25 bits per heavy atom. The van der Waals surface area contributed by atoms with Crippen LogP contribution in [0.4, 0.5) is 0 Å². The predicted molar refractivity (Wildman–Crippen MR) is 88.6 cm³/mol. The Hall–Kier alpha value is -0.390. The van der Waals surface area contributed by atoms with E-state index in [9.17, 15) is 4.79 Å². The first kappa shape index (κ1) is 16.0. The Labute approximate surface area is 136 Å². The lowest BCUT2D eigenvalue weighted by atomic mass is 9.48. The van der Waals surface area contributed by atoms with Gasteiger partial charge in [-0.25, -0.2) is 0 Å². The molecule has 110 valence electrons. The molecule has 3 N–H and O–H groups in total. The number of carbonyl (C=O) groups is 1. The lowest BCUT2D eigenvalue weighted by Gasteiger charge is -2.62. The molecular formula is C15H20Br2N2O. The number of hydrogen-bond acceptors (Lipinski definition) is 2. The predicted octanol–water partition coefficient (Wildman–Crippen LogP) is 3.70. The molecule has 1 aromatic carbocycles. The van der Waals surface area contributed by atoms with Crippen LogP contribution in [0.2, 0.25) is 0 Å². The summed E-state index contributed by atoms with van der Waals surface area (Å²) in [6, 6.07) is 5.68. The van der Waals surface area contributed by atoms with Gasteiger partial charge in [0.25, 0.3) is 5.91 Å². The molecule has 0 radical (unpaired) electrons. The molecule has 1 saturated carbocycles. The lowest BCUT2D eigenvalue weighted by Crippen LogP contribution is -2.76. The van der Waals surface area contributed by atoms with E-state index >= 15 is 0 Å². The highest BCUT2D eigenvalue weighted by molar-refractivity contribution is 9.11. The average Bonchev–Trinajstić information content (AvgIpc) is 2.34. The van der Waals surface area contributed by atoms with E-state index in [0.717, 1.165) is 8.95 Å². The largest absolute Gasteiger partial charge is 0.348 e. The van der Waals surface area contributed by atoms with Crippen LogP contribution >= 0.6 is 31.9 Å². The monoisotopic (exact) mass is 402 g/mol. The van der Waals surface area contributed by atoms with Gasteiger partial charge in [0.1, 0.15) is 0 Å². The first-order chi connectivity index (χ1) is 9.08. The minimum atomic E-state index is -0.0962. The molecule has 1 aromatic rings. The van der Waals surface area contributed by atoms with Gasteiger partial charge in [0, 0.05) is 31.9 Å². The molecule has 0 unspecified atom stereocenters. The van der Waals surface area contributed by atoms with Crippen molar-refractivity contribution in [1.82, 2.24) is 5.32 Å². The Bertz CT molecular complexity index is 539. The second kappa shape index (κ2) is 5.11. The first-order valence-electron chi connectivity index (χ1n) is 6.60. The fourth-order valence-electron chi connectivity index (χ4n) is 3.43. The van der Waals surface area contributed by atoms with E-state index in [1.54, 1.807) is 0 Å². The minimum absolute atomic E-state index is 0.0630. The number of benzene rings is 1. The number of halogens is 2. The van der Waals surface area contributed by atoms with Crippen molar-refractivity contribution < 1.29 is 4.79 Å². The highest BCUT2D eigenvalue weighted by Gasteiger charge is 2.60. The van der Waals surface area contributed by atoms with Crippen LogP contribution in [0.5, 0.6) is 0 Å². The Morgan fingerprint density at radius 2 is 1.75 bits per heavy atom. The maximum Gasteiger partial charge on any atom is 0.252 e. The standard InChI is InChI=1S/C15H20Br2N2O/c1-14(2)12(18)15(3,4)13(14)19-11(20)9-6-5-8(16)7-10(9)17/h5-7,12-13H,18H2,1-4H3,(H,19,20). The van der Waals surface area contributed by atoms with Crippen molar-refractivity contribution >= 4 is 37.8 Å². The highest BCUT2D eigenvalue weighted by atomic mass is 79.9. The first-order valence-corrected chi connectivity index (χ1v) is 8.18. The normalized spacial score (nSPS) is 26.8. The second-order valence-corrected chi connectivity index (χ2v) is 8.42. The summed E-state index contributed by atoms with van der Waals surface area (Å²) in [6.45, 7) is 8.41. The number of nitrogens with one attached hydrogen (secondary N) is 1. The van der Waals surface area contributed by atoms with Gasteiger partial charge in [-0.1, -0.05) is 43.6 Å². The maximum atomic E-state index is 12.5. The smallest absolute Gasteiger partial charge is 0.252 e. The van der Waals surface area contributed by atoms with Crippen molar-refractivity contribution in [3.05, 3.63) is 32.7 Å². The van der Waals surface area contributed by atoms with Crippen LogP contribution in [0.1, 0.15) is 38.1 Å². The molecule has 1 fully saturated rings. The van der Waals surface area contributed by atoms with Crippen LogP contribution in [0.25, 0.3) is 0 Å². The molecule has 5 heteroatoms.